The molecule has 0 aliphatic heterocycles. The summed E-state index contributed by atoms with van der Waals surface area (Å²) in [5.74, 6) is 0. The van der Waals surface area contributed by atoms with Crippen LogP contribution in [0.4, 0.5) is 17.1 Å². The molecule has 0 unspecified atom stereocenters. The van der Waals surface area contributed by atoms with E-state index in [4.69, 9.17) is 0 Å². The minimum atomic E-state index is 1.08. The lowest BCUT2D eigenvalue weighted by Gasteiger charge is -2.26. The van der Waals surface area contributed by atoms with E-state index in [0.717, 1.165) is 28.3 Å². The van der Waals surface area contributed by atoms with Gasteiger partial charge >= 0.3 is 0 Å². The molecule has 0 aliphatic carbocycles. The molecule has 0 spiro atoms. The lowest BCUT2D eigenvalue weighted by molar-refractivity contribution is 1.19. The molecule has 2 heteroatoms. The number of para-hydroxylation sites is 1. The Morgan fingerprint density at radius 3 is 1.34 bits per heavy atom. The molecule has 318 valence electrons. The van der Waals surface area contributed by atoms with Gasteiger partial charge in [0.15, 0.2) is 0 Å². The lowest BCUT2D eigenvalue weighted by atomic mass is 9.91. The second-order valence-corrected chi connectivity index (χ2v) is 17.7. The van der Waals surface area contributed by atoms with Crippen LogP contribution in [0.3, 0.4) is 0 Å². The van der Waals surface area contributed by atoms with Gasteiger partial charge in [0, 0.05) is 38.9 Å². The van der Waals surface area contributed by atoms with E-state index in [-0.39, 0.29) is 0 Å². The number of anilines is 3. The molecule has 13 rings (SSSR count). The van der Waals surface area contributed by atoms with Crippen LogP contribution in [0.2, 0.25) is 0 Å². The zero-order valence-corrected chi connectivity index (χ0v) is 37.3. The summed E-state index contributed by atoms with van der Waals surface area (Å²) >= 11 is 0. The molecule has 0 amide bonds. The van der Waals surface area contributed by atoms with Crippen molar-refractivity contribution in [3.05, 3.63) is 267 Å². The Balaban J connectivity index is 0.920. The van der Waals surface area contributed by atoms with Gasteiger partial charge in [-0.05, 0) is 138 Å². The summed E-state index contributed by atoms with van der Waals surface area (Å²) in [6.07, 6.45) is 0. The van der Waals surface area contributed by atoms with E-state index in [1.54, 1.807) is 0 Å². The van der Waals surface area contributed by atoms with Crippen molar-refractivity contribution in [2.75, 3.05) is 4.90 Å². The van der Waals surface area contributed by atoms with Crippen LogP contribution in [-0.4, -0.2) is 4.57 Å². The van der Waals surface area contributed by atoms with E-state index >= 15 is 0 Å². The third-order valence-corrected chi connectivity index (χ3v) is 13.8. The third-order valence-electron chi connectivity index (χ3n) is 13.8. The summed E-state index contributed by atoms with van der Waals surface area (Å²) in [7, 11) is 0. The number of aromatic nitrogens is 1. The zero-order chi connectivity index (χ0) is 45.0. The Kier molecular flexibility index (Phi) is 9.54. The van der Waals surface area contributed by atoms with Gasteiger partial charge < -0.3 is 9.47 Å². The first kappa shape index (κ1) is 39.4. The minimum Gasteiger partial charge on any atom is -0.311 e. The minimum absolute atomic E-state index is 1.08. The first-order valence-electron chi connectivity index (χ1n) is 23.4. The maximum atomic E-state index is 2.44. The molecule has 1 heterocycles. The molecule has 0 bridgehead atoms. The maximum absolute atomic E-state index is 2.44. The molecule has 0 atom stereocenters. The van der Waals surface area contributed by atoms with Crippen molar-refractivity contribution < 1.29 is 0 Å². The van der Waals surface area contributed by atoms with E-state index in [1.807, 2.05) is 0 Å². The fourth-order valence-electron chi connectivity index (χ4n) is 10.4. The number of fused-ring (bicyclic) bond motifs is 7. The van der Waals surface area contributed by atoms with Crippen LogP contribution in [0.15, 0.2) is 267 Å². The Labute approximate surface area is 395 Å². The van der Waals surface area contributed by atoms with Gasteiger partial charge in [-0.1, -0.05) is 200 Å². The van der Waals surface area contributed by atoms with Crippen molar-refractivity contribution in [2.24, 2.45) is 0 Å². The van der Waals surface area contributed by atoms with E-state index in [9.17, 15) is 0 Å². The molecule has 13 aromatic rings. The van der Waals surface area contributed by atoms with Gasteiger partial charge in [-0.2, -0.15) is 0 Å². The van der Waals surface area contributed by atoms with Gasteiger partial charge in [0.1, 0.15) is 0 Å². The molecule has 0 N–H and O–H groups in total. The van der Waals surface area contributed by atoms with E-state index in [1.165, 1.54) is 93.1 Å². The highest BCUT2D eigenvalue weighted by molar-refractivity contribution is 6.19. The Bertz CT molecular complexity index is 3980. The molecule has 0 saturated carbocycles. The molecule has 0 radical (unpaired) electrons. The smallest absolute Gasteiger partial charge is 0.0619 e. The molecule has 0 fully saturated rings. The fourth-order valence-corrected chi connectivity index (χ4v) is 10.4. The maximum Gasteiger partial charge on any atom is 0.0619 e. The van der Waals surface area contributed by atoms with Crippen LogP contribution in [0.1, 0.15) is 0 Å². The SMILES string of the molecule is c1ccc(-c2cc3ccccc3cc2-c2ccc(N(c3ccc(-c4ccc5c6ccc7ccccc7c6n(-c6ccccc6)c5c4)cc3)c3ccc(-c4cccc5ccccc45)cc3)cc2)cc1. The molecule has 1 aromatic heterocycles. The summed E-state index contributed by atoms with van der Waals surface area (Å²) in [4.78, 5) is 2.38. The molecule has 0 saturated heterocycles. The van der Waals surface area contributed by atoms with Crippen molar-refractivity contribution in [2.45, 2.75) is 0 Å². The topological polar surface area (TPSA) is 8.17 Å². The van der Waals surface area contributed by atoms with Crippen molar-refractivity contribution >= 4 is 71.2 Å². The average Bonchev–Trinajstić information content (AvgIpc) is 3.76. The van der Waals surface area contributed by atoms with E-state index in [2.05, 4.69) is 276 Å². The first-order chi connectivity index (χ1) is 33.7. The highest BCUT2D eigenvalue weighted by Crippen LogP contribution is 2.42. The lowest BCUT2D eigenvalue weighted by Crippen LogP contribution is -2.09. The Morgan fingerprint density at radius 2 is 0.706 bits per heavy atom. The number of benzene rings is 12. The zero-order valence-electron chi connectivity index (χ0n) is 37.3. The fraction of sp³-hybridized carbons (Fsp3) is 0. The van der Waals surface area contributed by atoms with Gasteiger partial charge in [-0.25, -0.2) is 0 Å². The van der Waals surface area contributed by atoms with Crippen LogP contribution in [0.25, 0.3) is 104 Å². The summed E-state index contributed by atoms with van der Waals surface area (Å²) in [5, 5.41) is 9.96. The highest BCUT2D eigenvalue weighted by atomic mass is 15.1. The quantitative estimate of drug-likeness (QED) is 0.148. The molecule has 68 heavy (non-hydrogen) atoms. The summed E-state index contributed by atoms with van der Waals surface area (Å²) < 4.78 is 2.44. The number of hydrogen-bond donors (Lipinski definition) is 0. The van der Waals surface area contributed by atoms with Crippen LogP contribution >= 0.6 is 0 Å². The molecule has 0 aliphatic rings. The largest absolute Gasteiger partial charge is 0.311 e. The van der Waals surface area contributed by atoms with Gasteiger partial charge in [0.25, 0.3) is 0 Å². The Morgan fingerprint density at radius 1 is 0.250 bits per heavy atom. The van der Waals surface area contributed by atoms with Crippen LogP contribution < -0.4 is 4.90 Å². The average molecular weight is 865 g/mol. The molecule has 12 aromatic carbocycles. The Hall–Kier alpha value is -8.98. The highest BCUT2D eigenvalue weighted by Gasteiger charge is 2.19. The standard InChI is InChI=1S/C66H44N2/c1-3-14-47(15-4-1)63-42-51-18-7-8-19-52(51)43-64(63)50-30-38-57(39-31-50)67(56-36-28-49(29-37-56)59-25-13-20-46-16-9-11-23-58(46)59)55-34-26-45(27-35-55)53-33-40-61-62-41-32-48-17-10-12-24-60(48)66(62)68(65(61)44-53)54-21-5-2-6-22-54/h1-44H. The van der Waals surface area contributed by atoms with Crippen LogP contribution in [0.5, 0.6) is 0 Å². The van der Waals surface area contributed by atoms with Crippen molar-refractivity contribution in [1.82, 2.24) is 4.57 Å². The monoisotopic (exact) mass is 864 g/mol. The predicted octanol–water partition coefficient (Wildman–Crippen LogP) is 18.4. The van der Waals surface area contributed by atoms with Crippen LogP contribution in [0, 0.1) is 0 Å². The normalized spacial score (nSPS) is 11.5. The number of rotatable bonds is 8. The second kappa shape index (κ2) is 16.5. The van der Waals surface area contributed by atoms with Gasteiger partial charge in [0.05, 0.1) is 11.0 Å². The number of hydrogen-bond acceptors (Lipinski definition) is 1. The molecule has 2 nitrogen and oxygen atoms in total. The van der Waals surface area contributed by atoms with Gasteiger partial charge in [0.2, 0.25) is 0 Å². The van der Waals surface area contributed by atoms with Gasteiger partial charge in [-0.15, -0.1) is 0 Å². The third kappa shape index (κ3) is 6.82. The summed E-state index contributed by atoms with van der Waals surface area (Å²) in [5.41, 5.74) is 16.4. The molecular weight excluding hydrogens is 821 g/mol. The van der Waals surface area contributed by atoms with Crippen molar-refractivity contribution in [3.8, 4) is 50.2 Å². The van der Waals surface area contributed by atoms with E-state index in [0.29, 0.717) is 0 Å². The molecular formula is C66H44N2. The van der Waals surface area contributed by atoms with E-state index < -0.39 is 0 Å². The summed E-state index contributed by atoms with van der Waals surface area (Å²) in [6.45, 7) is 0. The second-order valence-electron chi connectivity index (χ2n) is 17.7. The summed E-state index contributed by atoms with van der Waals surface area (Å²) in [6, 6.07) is 97.5. The van der Waals surface area contributed by atoms with Crippen molar-refractivity contribution in [1.29, 1.82) is 0 Å². The van der Waals surface area contributed by atoms with Gasteiger partial charge in [-0.3, -0.25) is 0 Å². The van der Waals surface area contributed by atoms with Crippen molar-refractivity contribution in [3.63, 3.8) is 0 Å². The van der Waals surface area contributed by atoms with Crippen LogP contribution in [-0.2, 0) is 0 Å². The first-order valence-corrected chi connectivity index (χ1v) is 23.4. The predicted molar refractivity (Wildman–Crippen MR) is 290 cm³/mol. The number of nitrogens with zero attached hydrogens (tertiary/aromatic N) is 2.